The number of para-hydroxylation sites is 1. The van der Waals surface area contributed by atoms with Gasteiger partial charge >= 0.3 is 5.69 Å². The van der Waals surface area contributed by atoms with E-state index in [1.807, 2.05) is 31.2 Å². The molecule has 0 spiro atoms. The molecule has 1 aromatic heterocycles. The van der Waals surface area contributed by atoms with Gasteiger partial charge in [0.05, 0.1) is 16.8 Å². The van der Waals surface area contributed by atoms with Crippen molar-refractivity contribution >= 4 is 5.91 Å². The van der Waals surface area contributed by atoms with Crippen molar-refractivity contribution in [1.29, 1.82) is 0 Å². The molecule has 3 aromatic carbocycles. The molecule has 0 atom stereocenters. The number of hydrogen-bond donors (Lipinski definition) is 3. The van der Waals surface area contributed by atoms with E-state index >= 15 is 0 Å². The van der Waals surface area contributed by atoms with Crippen LogP contribution >= 0.6 is 0 Å². The standard InChI is InChI=1S/C24H21FN4O4/c1-14-6-5-7-15(10-14)13-28(2)23(32)17-11-16(20(30)12-21(17)31)22-26-27-24(33)29(22)19-9-4-3-8-18(19)25/h3-12,30-31H,13H2,1-2H3,(H,27,33). The molecule has 8 nitrogen and oxygen atoms in total. The van der Waals surface area contributed by atoms with Crippen LogP contribution in [0.4, 0.5) is 4.39 Å². The molecule has 4 aromatic rings. The lowest BCUT2D eigenvalue weighted by atomic mass is 10.1. The highest BCUT2D eigenvalue weighted by Gasteiger charge is 2.23. The monoisotopic (exact) mass is 448 g/mol. The van der Waals surface area contributed by atoms with Crippen molar-refractivity contribution in [3.63, 3.8) is 0 Å². The zero-order chi connectivity index (χ0) is 23.7. The van der Waals surface area contributed by atoms with E-state index in [1.54, 1.807) is 13.1 Å². The molecule has 0 saturated heterocycles. The molecule has 33 heavy (non-hydrogen) atoms. The number of amides is 1. The van der Waals surface area contributed by atoms with Crippen molar-refractivity contribution in [2.45, 2.75) is 13.5 Å². The van der Waals surface area contributed by atoms with Crippen LogP contribution in [-0.4, -0.2) is 42.8 Å². The second-order valence-electron chi connectivity index (χ2n) is 7.68. The first-order valence-electron chi connectivity index (χ1n) is 10.1. The minimum Gasteiger partial charge on any atom is -0.507 e. The van der Waals surface area contributed by atoms with Crippen LogP contribution in [0.3, 0.4) is 0 Å². The van der Waals surface area contributed by atoms with Crippen LogP contribution in [-0.2, 0) is 6.54 Å². The van der Waals surface area contributed by atoms with Crippen molar-refractivity contribution in [2.75, 3.05) is 7.05 Å². The number of carbonyl (C=O) groups is 1. The maximum Gasteiger partial charge on any atom is 0.348 e. The summed E-state index contributed by atoms with van der Waals surface area (Å²) in [5, 5.41) is 27.0. The molecule has 0 fully saturated rings. The molecular weight excluding hydrogens is 427 g/mol. The van der Waals surface area contributed by atoms with E-state index in [4.69, 9.17) is 0 Å². The largest absolute Gasteiger partial charge is 0.507 e. The molecular formula is C24H21FN4O4. The lowest BCUT2D eigenvalue weighted by Crippen LogP contribution is -2.26. The number of carbonyl (C=O) groups excluding carboxylic acids is 1. The van der Waals surface area contributed by atoms with Crippen LogP contribution in [0, 0.1) is 12.7 Å². The number of aromatic nitrogens is 3. The summed E-state index contributed by atoms with van der Waals surface area (Å²) in [6.07, 6.45) is 0. The van der Waals surface area contributed by atoms with Crippen molar-refractivity contribution in [1.82, 2.24) is 19.7 Å². The molecule has 0 radical (unpaired) electrons. The summed E-state index contributed by atoms with van der Waals surface area (Å²) in [5.41, 5.74) is 1.02. The Bertz CT molecular complexity index is 1410. The van der Waals surface area contributed by atoms with Crippen LogP contribution in [0.25, 0.3) is 17.1 Å². The molecule has 0 aliphatic rings. The van der Waals surface area contributed by atoms with Gasteiger partial charge in [0, 0.05) is 19.7 Å². The molecule has 4 rings (SSSR count). The van der Waals surface area contributed by atoms with Crippen molar-refractivity contribution in [3.05, 3.63) is 93.7 Å². The van der Waals surface area contributed by atoms with E-state index in [9.17, 15) is 24.2 Å². The predicted molar refractivity (Wildman–Crippen MR) is 120 cm³/mol. The molecule has 3 N–H and O–H groups in total. The highest BCUT2D eigenvalue weighted by atomic mass is 19.1. The van der Waals surface area contributed by atoms with Gasteiger partial charge in [-0.1, -0.05) is 42.0 Å². The van der Waals surface area contributed by atoms with Crippen molar-refractivity contribution in [2.24, 2.45) is 0 Å². The van der Waals surface area contributed by atoms with E-state index in [-0.39, 0.29) is 22.6 Å². The van der Waals surface area contributed by atoms with Gasteiger partial charge in [-0.25, -0.2) is 18.9 Å². The maximum atomic E-state index is 14.4. The van der Waals surface area contributed by atoms with Crippen molar-refractivity contribution in [3.8, 4) is 28.6 Å². The molecule has 0 aliphatic heterocycles. The second-order valence-corrected chi connectivity index (χ2v) is 7.68. The van der Waals surface area contributed by atoms with Gasteiger partial charge in [0.15, 0.2) is 5.82 Å². The highest BCUT2D eigenvalue weighted by molar-refractivity contribution is 5.98. The third-order valence-electron chi connectivity index (χ3n) is 5.20. The summed E-state index contributed by atoms with van der Waals surface area (Å²) >= 11 is 0. The van der Waals surface area contributed by atoms with Crippen LogP contribution in [0.5, 0.6) is 11.5 Å². The van der Waals surface area contributed by atoms with E-state index in [1.165, 1.54) is 29.2 Å². The van der Waals surface area contributed by atoms with Crippen LogP contribution in [0.1, 0.15) is 21.5 Å². The average molecular weight is 448 g/mol. The van der Waals surface area contributed by atoms with Crippen LogP contribution in [0.2, 0.25) is 0 Å². The molecule has 1 amide bonds. The lowest BCUT2D eigenvalue weighted by molar-refractivity contribution is 0.0782. The lowest BCUT2D eigenvalue weighted by Gasteiger charge is -2.19. The number of hydrogen-bond acceptors (Lipinski definition) is 5. The fourth-order valence-electron chi connectivity index (χ4n) is 3.62. The Hall–Kier alpha value is -4.40. The Labute approximate surface area is 188 Å². The number of aromatic hydroxyl groups is 2. The van der Waals surface area contributed by atoms with Gasteiger partial charge in [-0.15, -0.1) is 0 Å². The third kappa shape index (κ3) is 4.20. The number of aromatic amines is 1. The Kier molecular flexibility index (Phi) is 5.70. The molecule has 0 unspecified atom stereocenters. The molecule has 9 heteroatoms. The van der Waals surface area contributed by atoms with E-state index in [0.717, 1.165) is 21.8 Å². The normalized spacial score (nSPS) is 10.9. The Morgan fingerprint density at radius 2 is 1.85 bits per heavy atom. The van der Waals surface area contributed by atoms with E-state index in [2.05, 4.69) is 10.2 Å². The summed E-state index contributed by atoms with van der Waals surface area (Å²) in [6.45, 7) is 2.24. The Morgan fingerprint density at radius 1 is 1.09 bits per heavy atom. The fourth-order valence-corrected chi connectivity index (χ4v) is 3.62. The van der Waals surface area contributed by atoms with Gasteiger partial charge in [0.1, 0.15) is 17.3 Å². The van der Waals surface area contributed by atoms with Gasteiger partial charge in [0.2, 0.25) is 0 Å². The maximum absolute atomic E-state index is 14.4. The van der Waals surface area contributed by atoms with Crippen LogP contribution in [0.15, 0.2) is 65.5 Å². The number of nitrogens with one attached hydrogen (secondary N) is 1. The number of benzene rings is 3. The van der Waals surface area contributed by atoms with Crippen LogP contribution < -0.4 is 5.69 Å². The molecule has 0 saturated carbocycles. The van der Waals surface area contributed by atoms with Gasteiger partial charge in [-0.3, -0.25) is 4.79 Å². The number of phenolic OH excluding ortho intramolecular Hbond substituents is 2. The summed E-state index contributed by atoms with van der Waals surface area (Å²) in [6, 6.07) is 15.5. The van der Waals surface area contributed by atoms with Crippen molar-refractivity contribution < 1.29 is 19.4 Å². The predicted octanol–water partition coefficient (Wildman–Crippen LogP) is 3.36. The highest BCUT2D eigenvalue weighted by Crippen LogP contribution is 2.35. The number of halogens is 1. The molecule has 0 bridgehead atoms. The zero-order valence-electron chi connectivity index (χ0n) is 17.9. The first kappa shape index (κ1) is 21.8. The van der Waals surface area contributed by atoms with E-state index < -0.39 is 28.9 Å². The smallest absolute Gasteiger partial charge is 0.348 e. The van der Waals surface area contributed by atoms with Gasteiger partial charge in [-0.2, -0.15) is 5.10 Å². The van der Waals surface area contributed by atoms with Gasteiger partial charge < -0.3 is 15.1 Å². The van der Waals surface area contributed by atoms with Gasteiger partial charge in [-0.05, 0) is 30.7 Å². The Morgan fingerprint density at radius 3 is 2.58 bits per heavy atom. The number of rotatable bonds is 5. The van der Waals surface area contributed by atoms with E-state index in [0.29, 0.717) is 6.54 Å². The SMILES string of the molecule is Cc1cccc(CN(C)C(=O)c2cc(-c3n[nH]c(=O)n3-c3ccccc3F)c(O)cc2O)c1. The first-order chi connectivity index (χ1) is 15.8. The minimum atomic E-state index is -0.730. The average Bonchev–Trinajstić information content (AvgIpc) is 3.14. The number of H-pyrrole nitrogens is 1. The second kappa shape index (κ2) is 8.62. The zero-order valence-corrected chi connectivity index (χ0v) is 17.9. The topological polar surface area (TPSA) is 111 Å². The summed E-state index contributed by atoms with van der Waals surface area (Å²) in [7, 11) is 1.58. The fraction of sp³-hybridized carbons (Fsp3) is 0.125. The number of nitrogens with zero attached hydrogens (tertiary/aromatic N) is 3. The molecule has 168 valence electrons. The van der Waals surface area contributed by atoms with Gasteiger partial charge in [0.25, 0.3) is 5.91 Å². The summed E-state index contributed by atoms with van der Waals surface area (Å²) in [5.74, 6) is -2.16. The number of aryl methyl sites for hydroxylation is 1. The quantitative estimate of drug-likeness (QED) is 0.434. The third-order valence-corrected chi connectivity index (χ3v) is 5.20. The molecule has 0 aliphatic carbocycles. The number of phenols is 2. The summed E-state index contributed by atoms with van der Waals surface area (Å²) < 4.78 is 15.3. The summed E-state index contributed by atoms with van der Waals surface area (Å²) in [4.78, 5) is 26.9. The first-order valence-corrected chi connectivity index (χ1v) is 10.1. The Balaban J connectivity index is 1.76. The molecule has 1 heterocycles. The minimum absolute atomic E-state index is 0.0262.